The number of hydrogen-bond acceptors (Lipinski definition) is 4. The van der Waals surface area contributed by atoms with Gasteiger partial charge in [-0.2, -0.15) is 9.50 Å². The Morgan fingerprint density at radius 3 is 2.71 bits per heavy atom. The fraction of sp³-hybridized carbons (Fsp3) is 0.312. The summed E-state index contributed by atoms with van der Waals surface area (Å²) in [5, 5.41) is 7.93. The summed E-state index contributed by atoms with van der Waals surface area (Å²) in [5.74, 6) is 2.24. The molecule has 1 N–H and O–H groups in total. The highest BCUT2D eigenvalue weighted by atomic mass is 15.4. The smallest absolute Gasteiger partial charge is 0.254 e. The largest absolute Gasteiger partial charge is 0.340 e. The van der Waals surface area contributed by atoms with Gasteiger partial charge in [-0.1, -0.05) is 25.1 Å². The first-order valence-electron chi connectivity index (χ1n) is 7.15. The highest BCUT2D eigenvalue weighted by Gasteiger charge is 2.10. The van der Waals surface area contributed by atoms with Crippen LogP contribution in [0.3, 0.4) is 0 Å². The molecule has 0 aliphatic carbocycles. The van der Waals surface area contributed by atoms with Gasteiger partial charge < -0.3 is 5.32 Å². The van der Waals surface area contributed by atoms with E-state index in [4.69, 9.17) is 0 Å². The molecule has 5 heteroatoms. The predicted octanol–water partition coefficient (Wildman–Crippen LogP) is 3.36. The molecule has 3 rings (SSSR count). The van der Waals surface area contributed by atoms with E-state index in [1.54, 1.807) is 4.52 Å². The monoisotopic (exact) mass is 281 g/mol. The summed E-state index contributed by atoms with van der Waals surface area (Å²) in [6, 6.07) is 8.34. The molecule has 108 valence electrons. The van der Waals surface area contributed by atoms with E-state index in [0.29, 0.717) is 5.78 Å². The van der Waals surface area contributed by atoms with Crippen molar-refractivity contribution in [1.29, 1.82) is 0 Å². The van der Waals surface area contributed by atoms with E-state index >= 15 is 0 Å². The zero-order valence-electron chi connectivity index (χ0n) is 12.8. The van der Waals surface area contributed by atoms with Crippen molar-refractivity contribution < 1.29 is 0 Å². The van der Waals surface area contributed by atoms with Gasteiger partial charge in [-0.25, -0.2) is 4.98 Å². The van der Waals surface area contributed by atoms with Crippen LogP contribution in [0.4, 0.5) is 11.5 Å². The summed E-state index contributed by atoms with van der Waals surface area (Å²) in [5.41, 5.74) is 4.56. The molecule has 5 nitrogen and oxygen atoms in total. The second-order valence-electron chi connectivity index (χ2n) is 5.24. The molecule has 21 heavy (non-hydrogen) atoms. The fourth-order valence-electron chi connectivity index (χ4n) is 2.51. The predicted molar refractivity (Wildman–Crippen MR) is 84.1 cm³/mol. The molecule has 2 heterocycles. The van der Waals surface area contributed by atoms with E-state index in [9.17, 15) is 0 Å². The zero-order valence-corrected chi connectivity index (χ0v) is 12.8. The van der Waals surface area contributed by atoms with E-state index in [2.05, 4.69) is 52.4 Å². The van der Waals surface area contributed by atoms with Crippen molar-refractivity contribution in [2.75, 3.05) is 5.32 Å². The Bertz CT molecular complexity index is 804. The molecule has 1 aromatic carbocycles. The number of fused-ring (bicyclic) bond motifs is 1. The zero-order chi connectivity index (χ0) is 15.0. The van der Waals surface area contributed by atoms with Gasteiger partial charge in [0.15, 0.2) is 0 Å². The summed E-state index contributed by atoms with van der Waals surface area (Å²) < 4.78 is 1.76. The number of aromatic nitrogens is 4. The van der Waals surface area contributed by atoms with Gasteiger partial charge in [0, 0.05) is 17.4 Å². The van der Waals surface area contributed by atoms with Crippen LogP contribution in [0.1, 0.15) is 29.6 Å². The maximum atomic E-state index is 4.42. The van der Waals surface area contributed by atoms with Gasteiger partial charge in [-0.3, -0.25) is 0 Å². The van der Waals surface area contributed by atoms with Crippen LogP contribution in [0.15, 0.2) is 24.3 Å². The number of benzene rings is 1. The summed E-state index contributed by atoms with van der Waals surface area (Å²) in [4.78, 5) is 8.76. The first-order valence-corrected chi connectivity index (χ1v) is 7.15. The Balaban J connectivity index is 2.14. The molecule has 0 aliphatic rings. The third-order valence-electron chi connectivity index (χ3n) is 3.54. The van der Waals surface area contributed by atoms with Gasteiger partial charge >= 0.3 is 0 Å². The Kier molecular flexibility index (Phi) is 3.33. The van der Waals surface area contributed by atoms with E-state index in [-0.39, 0.29) is 0 Å². The summed E-state index contributed by atoms with van der Waals surface area (Å²) in [6.45, 7) is 8.11. The van der Waals surface area contributed by atoms with E-state index in [1.807, 2.05) is 19.9 Å². The van der Waals surface area contributed by atoms with Crippen LogP contribution in [0.2, 0.25) is 0 Å². The van der Waals surface area contributed by atoms with Crippen molar-refractivity contribution in [2.24, 2.45) is 0 Å². The lowest BCUT2D eigenvalue weighted by Gasteiger charge is -2.14. The summed E-state index contributed by atoms with van der Waals surface area (Å²) in [6.07, 6.45) is 0.980. The molecule has 0 aliphatic heterocycles. The lowest BCUT2D eigenvalue weighted by molar-refractivity contribution is 0.915. The summed E-state index contributed by atoms with van der Waals surface area (Å²) >= 11 is 0. The number of anilines is 2. The van der Waals surface area contributed by atoms with Crippen LogP contribution in [-0.4, -0.2) is 19.6 Å². The van der Waals surface area contributed by atoms with Gasteiger partial charge in [-0.15, -0.1) is 5.10 Å². The Morgan fingerprint density at radius 1 is 1.14 bits per heavy atom. The van der Waals surface area contributed by atoms with Crippen LogP contribution >= 0.6 is 0 Å². The standard InChI is InChI=1S/C16H19N5/c1-5-13-8-6-7-10(2)15(13)19-14-9-11(3)17-16-18-12(4)20-21(14)16/h6-9,19H,5H2,1-4H3. The molecule has 0 unspecified atom stereocenters. The number of aryl methyl sites for hydroxylation is 4. The van der Waals surface area contributed by atoms with Crippen LogP contribution in [0.25, 0.3) is 5.78 Å². The second-order valence-corrected chi connectivity index (χ2v) is 5.24. The van der Waals surface area contributed by atoms with E-state index < -0.39 is 0 Å². The Hall–Kier alpha value is -2.43. The number of para-hydroxylation sites is 1. The number of nitrogens with zero attached hydrogens (tertiary/aromatic N) is 4. The van der Waals surface area contributed by atoms with E-state index in [1.165, 1.54) is 11.1 Å². The van der Waals surface area contributed by atoms with Crippen LogP contribution in [-0.2, 0) is 6.42 Å². The van der Waals surface area contributed by atoms with Gasteiger partial charge in [0.05, 0.1) is 0 Å². The third-order valence-corrected chi connectivity index (χ3v) is 3.54. The minimum absolute atomic E-state index is 0.627. The van der Waals surface area contributed by atoms with Crippen molar-refractivity contribution in [1.82, 2.24) is 19.6 Å². The van der Waals surface area contributed by atoms with Crippen molar-refractivity contribution in [3.05, 3.63) is 46.9 Å². The summed E-state index contributed by atoms with van der Waals surface area (Å²) in [7, 11) is 0. The Morgan fingerprint density at radius 2 is 1.95 bits per heavy atom. The van der Waals surface area contributed by atoms with Gasteiger partial charge in [0.2, 0.25) is 0 Å². The maximum absolute atomic E-state index is 4.42. The van der Waals surface area contributed by atoms with Crippen LogP contribution in [0, 0.1) is 20.8 Å². The molecule has 0 saturated carbocycles. The number of hydrogen-bond donors (Lipinski definition) is 1. The average molecular weight is 281 g/mol. The lowest BCUT2D eigenvalue weighted by atomic mass is 10.1. The molecule has 0 atom stereocenters. The highest BCUT2D eigenvalue weighted by Crippen LogP contribution is 2.25. The van der Waals surface area contributed by atoms with Crippen LogP contribution in [0.5, 0.6) is 0 Å². The molecular weight excluding hydrogens is 262 g/mol. The SMILES string of the molecule is CCc1cccc(C)c1Nc1cc(C)nc2nc(C)nn12. The van der Waals surface area contributed by atoms with E-state index in [0.717, 1.165) is 29.4 Å². The number of nitrogens with one attached hydrogen (secondary N) is 1. The van der Waals surface area contributed by atoms with Gasteiger partial charge in [0.25, 0.3) is 5.78 Å². The first-order chi connectivity index (χ1) is 10.1. The molecule has 2 aromatic heterocycles. The number of rotatable bonds is 3. The molecular formula is C16H19N5. The van der Waals surface area contributed by atoms with Crippen LogP contribution < -0.4 is 5.32 Å². The normalized spacial score (nSPS) is 11.0. The quantitative estimate of drug-likeness (QED) is 0.800. The first kappa shape index (κ1) is 13.5. The van der Waals surface area contributed by atoms with Crippen molar-refractivity contribution in [2.45, 2.75) is 34.1 Å². The molecule has 0 bridgehead atoms. The highest BCUT2D eigenvalue weighted by molar-refractivity contribution is 5.66. The molecule has 3 aromatic rings. The minimum Gasteiger partial charge on any atom is -0.340 e. The van der Waals surface area contributed by atoms with Gasteiger partial charge in [-0.05, 0) is 38.3 Å². The Labute approximate surface area is 124 Å². The van der Waals surface area contributed by atoms with Crippen molar-refractivity contribution in [3.8, 4) is 0 Å². The average Bonchev–Trinajstić information content (AvgIpc) is 2.81. The molecule has 0 saturated heterocycles. The maximum Gasteiger partial charge on any atom is 0.254 e. The topological polar surface area (TPSA) is 55.1 Å². The van der Waals surface area contributed by atoms with Gasteiger partial charge in [0.1, 0.15) is 11.6 Å². The molecule has 0 spiro atoms. The van der Waals surface area contributed by atoms with Crippen molar-refractivity contribution in [3.63, 3.8) is 0 Å². The molecule has 0 radical (unpaired) electrons. The lowest BCUT2D eigenvalue weighted by Crippen LogP contribution is -2.05. The fourth-order valence-corrected chi connectivity index (χ4v) is 2.51. The third kappa shape index (κ3) is 2.46. The second kappa shape index (κ2) is 5.16. The minimum atomic E-state index is 0.627. The van der Waals surface area contributed by atoms with Crippen molar-refractivity contribution >= 4 is 17.3 Å². The molecule has 0 amide bonds. The molecule has 0 fully saturated rings.